The standard InChI is InChI=1S/C18H20FN3O2/c19-14-5-1-2-6-16(14)22-15-7-3-4-13(15)17(20-22)18(24)21-9-8-12(10-21)11-23/h1-2,5-6,12,23H,3-4,7-11H2. The fraction of sp³-hybridized carbons (Fsp3) is 0.444. The number of para-hydroxylation sites is 1. The van der Waals surface area contributed by atoms with Crippen LogP contribution in [0.15, 0.2) is 24.3 Å². The van der Waals surface area contributed by atoms with Gasteiger partial charge in [0.2, 0.25) is 0 Å². The molecule has 0 radical (unpaired) electrons. The summed E-state index contributed by atoms with van der Waals surface area (Å²) in [4.78, 5) is 14.6. The van der Waals surface area contributed by atoms with Crippen molar-refractivity contribution in [3.8, 4) is 5.69 Å². The Morgan fingerprint density at radius 2 is 2.17 bits per heavy atom. The van der Waals surface area contributed by atoms with Gasteiger partial charge >= 0.3 is 0 Å². The number of aromatic nitrogens is 2. The van der Waals surface area contributed by atoms with Crippen LogP contribution in [0.1, 0.15) is 34.6 Å². The van der Waals surface area contributed by atoms with E-state index in [9.17, 15) is 14.3 Å². The monoisotopic (exact) mass is 329 g/mol. The van der Waals surface area contributed by atoms with Gasteiger partial charge < -0.3 is 10.0 Å². The lowest BCUT2D eigenvalue weighted by Gasteiger charge is -2.15. The summed E-state index contributed by atoms with van der Waals surface area (Å²) in [5.74, 6) is -0.287. The summed E-state index contributed by atoms with van der Waals surface area (Å²) in [6.07, 6.45) is 3.39. The molecule has 6 heteroatoms. The number of likely N-dealkylation sites (tertiary alicyclic amines) is 1. The lowest BCUT2D eigenvalue weighted by atomic mass is 10.1. The second-order valence-electron chi connectivity index (χ2n) is 6.58. The van der Waals surface area contributed by atoms with Gasteiger partial charge in [-0.25, -0.2) is 9.07 Å². The number of benzene rings is 1. The minimum atomic E-state index is -0.338. The molecule has 1 fully saturated rings. The molecule has 24 heavy (non-hydrogen) atoms. The minimum Gasteiger partial charge on any atom is -0.396 e. The second-order valence-corrected chi connectivity index (χ2v) is 6.58. The van der Waals surface area contributed by atoms with Gasteiger partial charge in [0, 0.05) is 36.9 Å². The van der Waals surface area contributed by atoms with Crippen LogP contribution < -0.4 is 0 Å². The van der Waals surface area contributed by atoms with Crippen LogP contribution in [0.25, 0.3) is 5.69 Å². The average Bonchev–Trinajstić information content (AvgIpc) is 3.31. The molecule has 1 saturated heterocycles. The van der Waals surface area contributed by atoms with Gasteiger partial charge in [0.15, 0.2) is 5.69 Å². The number of aliphatic hydroxyl groups excluding tert-OH is 1. The number of hydrogen-bond acceptors (Lipinski definition) is 3. The van der Waals surface area contributed by atoms with Crippen molar-refractivity contribution in [2.45, 2.75) is 25.7 Å². The van der Waals surface area contributed by atoms with Gasteiger partial charge in [0.25, 0.3) is 5.91 Å². The first-order valence-electron chi connectivity index (χ1n) is 8.45. The highest BCUT2D eigenvalue weighted by atomic mass is 19.1. The third-order valence-corrected chi connectivity index (χ3v) is 5.04. The molecule has 1 amide bonds. The number of rotatable bonds is 3. The molecule has 1 aromatic heterocycles. The van der Waals surface area contributed by atoms with Crippen LogP contribution in [-0.4, -0.2) is 45.4 Å². The van der Waals surface area contributed by atoms with Gasteiger partial charge in [-0.1, -0.05) is 12.1 Å². The van der Waals surface area contributed by atoms with E-state index in [0.29, 0.717) is 24.5 Å². The predicted molar refractivity (Wildman–Crippen MR) is 86.6 cm³/mol. The van der Waals surface area contributed by atoms with Crippen LogP contribution in [0.3, 0.4) is 0 Å². The molecule has 1 aliphatic heterocycles. The molecule has 1 aromatic carbocycles. The van der Waals surface area contributed by atoms with Gasteiger partial charge in [0.1, 0.15) is 11.5 Å². The first-order chi connectivity index (χ1) is 11.7. The number of aliphatic hydroxyl groups is 1. The van der Waals surface area contributed by atoms with E-state index in [1.54, 1.807) is 27.8 Å². The fourth-order valence-electron chi connectivity index (χ4n) is 3.75. The quantitative estimate of drug-likeness (QED) is 0.936. The van der Waals surface area contributed by atoms with Crippen molar-refractivity contribution < 1.29 is 14.3 Å². The molecule has 0 saturated carbocycles. The summed E-state index contributed by atoms with van der Waals surface area (Å²) in [5.41, 5.74) is 2.74. The van der Waals surface area contributed by atoms with E-state index in [4.69, 9.17) is 0 Å². The first-order valence-corrected chi connectivity index (χ1v) is 8.45. The molecule has 1 atom stereocenters. The van der Waals surface area contributed by atoms with Crippen molar-refractivity contribution >= 4 is 5.91 Å². The molecule has 4 rings (SSSR count). The Bertz CT molecular complexity index is 787. The molecule has 1 N–H and O–H groups in total. The van der Waals surface area contributed by atoms with Crippen molar-refractivity contribution in [1.82, 2.24) is 14.7 Å². The molecule has 2 heterocycles. The molecule has 0 spiro atoms. The number of amides is 1. The third-order valence-electron chi connectivity index (χ3n) is 5.04. The Balaban J connectivity index is 1.72. The van der Waals surface area contributed by atoms with Gasteiger partial charge in [-0.05, 0) is 37.8 Å². The molecule has 1 aliphatic carbocycles. The van der Waals surface area contributed by atoms with E-state index >= 15 is 0 Å². The lowest BCUT2D eigenvalue weighted by molar-refractivity contribution is 0.0774. The predicted octanol–water partition coefficient (Wildman–Crippen LogP) is 1.95. The van der Waals surface area contributed by atoms with Crippen LogP contribution in [0.2, 0.25) is 0 Å². The van der Waals surface area contributed by atoms with E-state index in [1.807, 2.05) is 0 Å². The van der Waals surface area contributed by atoms with E-state index in [0.717, 1.165) is 36.9 Å². The highest BCUT2D eigenvalue weighted by Gasteiger charge is 2.33. The van der Waals surface area contributed by atoms with Crippen molar-refractivity contribution in [1.29, 1.82) is 0 Å². The molecule has 1 unspecified atom stereocenters. The number of carbonyl (C=O) groups is 1. The molecule has 5 nitrogen and oxygen atoms in total. The van der Waals surface area contributed by atoms with Crippen molar-refractivity contribution in [2.75, 3.05) is 19.7 Å². The molecule has 126 valence electrons. The highest BCUT2D eigenvalue weighted by Crippen LogP contribution is 2.30. The smallest absolute Gasteiger partial charge is 0.274 e. The third kappa shape index (κ3) is 2.41. The number of halogens is 1. The maximum Gasteiger partial charge on any atom is 0.274 e. The van der Waals surface area contributed by atoms with Gasteiger partial charge in [-0.3, -0.25) is 4.79 Å². The summed E-state index contributed by atoms with van der Waals surface area (Å²) in [5, 5.41) is 13.8. The van der Waals surface area contributed by atoms with E-state index in [2.05, 4.69) is 5.10 Å². The number of hydrogen-bond donors (Lipinski definition) is 1. The SMILES string of the molecule is O=C(c1nn(-c2ccccc2F)c2c1CCC2)N1CCC(CO)C1. The molecular formula is C18H20FN3O2. The lowest BCUT2D eigenvalue weighted by Crippen LogP contribution is -2.30. The normalized spacial score (nSPS) is 19.8. The Hall–Kier alpha value is -2.21. The van der Waals surface area contributed by atoms with Crippen LogP contribution in [0.5, 0.6) is 0 Å². The minimum absolute atomic E-state index is 0.0980. The Labute approximate surface area is 139 Å². The Morgan fingerprint density at radius 3 is 2.92 bits per heavy atom. The maximum atomic E-state index is 14.2. The van der Waals surface area contributed by atoms with Gasteiger partial charge in [-0.2, -0.15) is 5.10 Å². The van der Waals surface area contributed by atoms with Crippen LogP contribution in [0, 0.1) is 11.7 Å². The fourth-order valence-corrected chi connectivity index (χ4v) is 3.75. The average molecular weight is 329 g/mol. The first kappa shape index (κ1) is 15.3. The highest BCUT2D eigenvalue weighted by molar-refractivity contribution is 5.94. The van der Waals surface area contributed by atoms with E-state index < -0.39 is 0 Å². The van der Waals surface area contributed by atoms with Crippen LogP contribution >= 0.6 is 0 Å². The second kappa shape index (κ2) is 6.02. The number of fused-ring (bicyclic) bond motifs is 1. The van der Waals surface area contributed by atoms with Crippen LogP contribution in [-0.2, 0) is 12.8 Å². The molecular weight excluding hydrogens is 309 g/mol. The molecule has 0 bridgehead atoms. The zero-order chi connectivity index (χ0) is 16.7. The zero-order valence-electron chi connectivity index (χ0n) is 13.4. The molecule has 2 aromatic rings. The van der Waals surface area contributed by atoms with Gasteiger partial charge in [-0.15, -0.1) is 0 Å². The van der Waals surface area contributed by atoms with E-state index in [-0.39, 0.29) is 24.2 Å². The summed E-state index contributed by atoms with van der Waals surface area (Å²) in [7, 11) is 0. The summed E-state index contributed by atoms with van der Waals surface area (Å²) in [6.45, 7) is 1.31. The topological polar surface area (TPSA) is 58.4 Å². The summed E-state index contributed by atoms with van der Waals surface area (Å²) in [6, 6.07) is 6.52. The Kier molecular flexibility index (Phi) is 3.84. The van der Waals surface area contributed by atoms with E-state index in [1.165, 1.54) is 6.07 Å². The maximum absolute atomic E-state index is 14.2. The zero-order valence-corrected chi connectivity index (χ0v) is 13.4. The Morgan fingerprint density at radius 1 is 1.33 bits per heavy atom. The van der Waals surface area contributed by atoms with Gasteiger partial charge in [0.05, 0.1) is 0 Å². The van der Waals surface area contributed by atoms with Crippen molar-refractivity contribution in [3.05, 3.63) is 47.0 Å². The van der Waals surface area contributed by atoms with Crippen LogP contribution in [0.4, 0.5) is 4.39 Å². The van der Waals surface area contributed by atoms with Crippen molar-refractivity contribution in [3.63, 3.8) is 0 Å². The summed E-state index contributed by atoms with van der Waals surface area (Å²) < 4.78 is 15.8. The number of nitrogens with zero attached hydrogens (tertiary/aromatic N) is 3. The molecule has 2 aliphatic rings. The largest absolute Gasteiger partial charge is 0.396 e. The summed E-state index contributed by atoms with van der Waals surface area (Å²) >= 11 is 0. The van der Waals surface area contributed by atoms with Crippen molar-refractivity contribution in [2.24, 2.45) is 5.92 Å². The number of carbonyl (C=O) groups excluding carboxylic acids is 1.